The van der Waals surface area contributed by atoms with Crippen molar-refractivity contribution in [3.63, 3.8) is 0 Å². The lowest BCUT2D eigenvalue weighted by Gasteiger charge is -2.15. The SMILES string of the molecule is O=C1c2cccc(-n3c4cc(-c5cncnc5)ccc4c4ccc(-c5cncnc5)cc43)c2C(=O)N1c1ccccc1. The summed E-state index contributed by atoms with van der Waals surface area (Å²) < 4.78 is 2.07. The van der Waals surface area contributed by atoms with Gasteiger partial charge >= 0.3 is 0 Å². The van der Waals surface area contributed by atoms with Crippen LogP contribution in [0.15, 0.2) is 122 Å². The first kappa shape index (κ1) is 23.8. The Hall–Kier alpha value is -6.02. The van der Waals surface area contributed by atoms with E-state index >= 15 is 0 Å². The summed E-state index contributed by atoms with van der Waals surface area (Å²) in [6, 6.07) is 26.9. The van der Waals surface area contributed by atoms with Gasteiger partial charge in [0.25, 0.3) is 11.8 Å². The van der Waals surface area contributed by atoms with Crippen molar-refractivity contribution in [2.24, 2.45) is 0 Å². The Balaban J connectivity index is 1.43. The first-order valence-corrected chi connectivity index (χ1v) is 13.4. The molecule has 8 heteroatoms. The maximum absolute atomic E-state index is 14.0. The van der Waals surface area contributed by atoms with Crippen molar-refractivity contribution in [1.82, 2.24) is 24.5 Å². The second-order valence-electron chi connectivity index (χ2n) is 10.0. The number of benzene rings is 4. The first-order valence-electron chi connectivity index (χ1n) is 13.4. The standard InChI is InChI=1S/C34H20N6O2/c41-33-28-7-4-8-29(32(28)34(42)39(33)25-5-2-1-3-6-25)40-30-13-21(23-15-35-19-36-16-23)9-11-26(30)27-12-10-22(14-31(27)40)24-17-37-20-38-18-24/h1-20H. The number of anilines is 1. The molecule has 8 rings (SSSR count). The molecule has 2 amide bonds. The molecule has 0 unspecified atom stereocenters. The van der Waals surface area contributed by atoms with Gasteiger partial charge in [-0.05, 0) is 47.5 Å². The largest absolute Gasteiger partial charge is 0.308 e. The summed E-state index contributed by atoms with van der Waals surface area (Å²) in [6.07, 6.45) is 10.1. The van der Waals surface area contributed by atoms with Crippen LogP contribution in [0.3, 0.4) is 0 Å². The molecule has 0 spiro atoms. The van der Waals surface area contributed by atoms with Crippen molar-refractivity contribution in [3.8, 4) is 27.9 Å². The van der Waals surface area contributed by atoms with Gasteiger partial charge in [0.2, 0.25) is 0 Å². The highest BCUT2D eigenvalue weighted by Gasteiger charge is 2.39. The third-order valence-electron chi connectivity index (χ3n) is 7.70. The molecule has 0 fully saturated rings. The highest BCUT2D eigenvalue weighted by molar-refractivity contribution is 6.35. The summed E-state index contributed by atoms with van der Waals surface area (Å²) in [7, 11) is 0. The molecule has 8 nitrogen and oxygen atoms in total. The van der Waals surface area contributed by atoms with E-state index in [2.05, 4.69) is 48.8 Å². The van der Waals surface area contributed by atoms with Gasteiger partial charge in [0.15, 0.2) is 0 Å². The number of rotatable bonds is 4. The van der Waals surface area contributed by atoms with Gasteiger partial charge in [0, 0.05) is 46.7 Å². The number of fused-ring (bicyclic) bond motifs is 4. The Morgan fingerprint density at radius 2 is 1.10 bits per heavy atom. The lowest BCUT2D eigenvalue weighted by Crippen LogP contribution is -2.29. The smallest absolute Gasteiger partial charge is 0.268 e. The lowest BCUT2D eigenvalue weighted by molar-refractivity contribution is 0.0926. The van der Waals surface area contributed by atoms with Crippen molar-refractivity contribution in [1.29, 1.82) is 0 Å². The minimum atomic E-state index is -0.355. The van der Waals surface area contributed by atoms with E-state index in [1.807, 2.05) is 42.5 Å². The van der Waals surface area contributed by atoms with Crippen LogP contribution in [0.4, 0.5) is 5.69 Å². The van der Waals surface area contributed by atoms with Crippen LogP contribution in [-0.4, -0.2) is 36.3 Å². The van der Waals surface area contributed by atoms with Crippen molar-refractivity contribution in [3.05, 3.63) is 133 Å². The quantitative estimate of drug-likeness (QED) is 0.235. The van der Waals surface area contributed by atoms with Crippen LogP contribution in [-0.2, 0) is 0 Å². The number of carbonyl (C=O) groups is 2. The summed E-state index contributed by atoms with van der Waals surface area (Å²) in [4.78, 5) is 45.7. The summed E-state index contributed by atoms with van der Waals surface area (Å²) in [5, 5.41) is 2.02. The zero-order valence-corrected chi connectivity index (χ0v) is 22.0. The second-order valence-corrected chi connectivity index (χ2v) is 10.0. The van der Waals surface area contributed by atoms with Crippen molar-refractivity contribution < 1.29 is 9.59 Å². The third kappa shape index (κ3) is 3.55. The minimum Gasteiger partial charge on any atom is -0.308 e. The Labute approximate surface area is 239 Å². The van der Waals surface area contributed by atoms with Crippen molar-refractivity contribution >= 4 is 39.3 Å². The molecule has 7 aromatic rings. The molecule has 0 N–H and O–H groups in total. The summed E-state index contributed by atoms with van der Waals surface area (Å²) in [5.74, 6) is -0.694. The molecule has 0 saturated heterocycles. The average Bonchev–Trinajstić information content (AvgIpc) is 3.52. The van der Waals surface area contributed by atoms with Crippen LogP contribution in [0.2, 0.25) is 0 Å². The van der Waals surface area contributed by atoms with E-state index in [0.717, 1.165) is 44.1 Å². The van der Waals surface area contributed by atoms with E-state index < -0.39 is 0 Å². The monoisotopic (exact) mass is 544 g/mol. The highest BCUT2D eigenvalue weighted by atomic mass is 16.2. The van der Waals surface area contributed by atoms with Crippen LogP contribution in [0.25, 0.3) is 49.7 Å². The van der Waals surface area contributed by atoms with Gasteiger partial charge in [0.1, 0.15) is 12.7 Å². The van der Waals surface area contributed by atoms with E-state index in [1.165, 1.54) is 17.6 Å². The van der Waals surface area contributed by atoms with Crippen LogP contribution in [0, 0.1) is 0 Å². The first-order chi connectivity index (χ1) is 20.7. The average molecular weight is 545 g/mol. The molecule has 0 atom stereocenters. The fraction of sp³-hybridized carbons (Fsp3) is 0. The Morgan fingerprint density at radius 3 is 1.67 bits per heavy atom. The van der Waals surface area contributed by atoms with Crippen LogP contribution >= 0.6 is 0 Å². The summed E-state index contributed by atoms with van der Waals surface area (Å²) in [5.41, 5.74) is 7.30. The van der Waals surface area contributed by atoms with Crippen molar-refractivity contribution in [2.45, 2.75) is 0 Å². The molecular weight excluding hydrogens is 524 g/mol. The number of aromatic nitrogens is 5. The lowest BCUT2D eigenvalue weighted by atomic mass is 10.0. The number of hydrogen-bond acceptors (Lipinski definition) is 6. The highest BCUT2D eigenvalue weighted by Crippen LogP contribution is 2.40. The number of imide groups is 1. The van der Waals surface area contributed by atoms with Gasteiger partial charge in [0.05, 0.1) is 33.5 Å². The van der Waals surface area contributed by atoms with Crippen molar-refractivity contribution in [2.75, 3.05) is 4.90 Å². The predicted molar refractivity (Wildman–Crippen MR) is 160 cm³/mol. The fourth-order valence-electron chi connectivity index (χ4n) is 5.80. The predicted octanol–water partition coefficient (Wildman–Crippen LogP) is 6.50. The van der Waals surface area contributed by atoms with Gasteiger partial charge in [-0.2, -0.15) is 0 Å². The maximum Gasteiger partial charge on any atom is 0.268 e. The van der Waals surface area contributed by atoms with E-state index in [-0.39, 0.29) is 11.8 Å². The molecule has 4 heterocycles. The van der Waals surface area contributed by atoms with E-state index in [1.54, 1.807) is 43.0 Å². The number of amides is 2. The number of carbonyl (C=O) groups excluding carboxylic acids is 2. The number of para-hydroxylation sites is 1. The van der Waals surface area contributed by atoms with Gasteiger partial charge in [-0.25, -0.2) is 24.8 Å². The molecule has 3 aromatic heterocycles. The normalized spacial score (nSPS) is 12.8. The van der Waals surface area contributed by atoms with E-state index in [0.29, 0.717) is 22.5 Å². The third-order valence-corrected chi connectivity index (χ3v) is 7.70. The molecule has 0 radical (unpaired) electrons. The second kappa shape index (κ2) is 9.28. The van der Waals surface area contributed by atoms with E-state index in [9.17, 15) is 9.59 Å². The molecule has 0 aliphatic carbocycles. The molecule has 1 aliphatic rings. The molecule has 0 saturated carbocycles. The van der Waals surface area contributed by atoms with Crippen LogP contribution in [0.1, 0.15) is 20.7 Å². The molecule has 198 valence electrons. The zero-order chi connectivity index (χ0) is 28.2. The number of nitrogens with zero attached hydrogens (tertiary/aromatic N) is 6. The topological polar surface area (TPSA) is 93.9 Å². The molecule has 42 heavy (non-hydrogen) atoms. The van der Waals surface area contributed by atoms with Gasteiger partial charge in [-0.15, -0.1) is 0 Å². The minimum absolute atomic E-state index is 0.340. The summed E-state index contributed by atoms with van der Waals surface area (Å²) in [6.45, 7) is 0. The number of hydrogen-bond donors (Lipinski definition) is 0. The molecule has 1 aliphatic heterocycles. The van der Waals surface area contributed by atoms with E-state index in [4.69, 9.17) is 0 Å². The van der Waals surface area contributed by atoms with Crippen LogP contribution < -0.4 is 4.90 Å². The van der Waals surface area contributed by atoms with Gasteiger partial charge < -0.3 is 4.57 Å². The Morgan fingerprint density at radius 1 is 0.524 bits per heavy atom. The molecule has 0 bridgehead atoms. The van der Waals surface area contributed by atoms with Gasteiger partial charge in [-0.1, -0.05) is 48.5 Å². The molecule has 4 aromatic carbocycles. The Bertz CT molecular complexity index is 2080. The van der Waals surface area contributed by atoms with Crippen LogP contribution in [0.5, 0.6) is 0 Å². The zero-order valence-electron chi connectivity index (χ0n) is 22.0. The Kier molecular flexibility index (Phi) is 5.26. The molecular formula is C34H20N6O2. The van der Waals surface area contributed by atoms with Gasteiger partial charge in [-0.3, -0.25) is 9.59 Å². The maximum atomic E-state index is 14.0. The fourth-order valence-corrected chi connectivity index (χ4v) is 5.80. The summed E-state index contributed by atoms with van der Waals surface area (Å²) >= 11 is 0.